The number of hydrogen-bond acceptors (Lipinski definition) is 4. The first-order valence-electron chi connectivity index (χ1n) is 9.85. The number of benzene rings is 2. The molecule has 1 aromatic heterocycles. The third kappa shape index (κ3) is 4.63. The number of carbonyl (C=O) groups is 1. The molecule has 1 amide bonds. The minimum absolute atomic E-state index is 0.0150. The molecule has 5 nitrogen and oxygen atoms in total. The molecule has 2 heterocycles. The Labute approximate surface area is 177 Å². The van der Waals surface area contributed by atoms with Crippen LogP contribution in [0, 0.1) is 0 Å². The second-order valence-electron chi connectivity index (χ2n) is 7.47. The van der Waals surface area contributed by atoms with Gasteiger partial charge in [0.25, 0.3) is 5.91 Å². The molecular formula is C23H21F3N4O. The van der Waals surface area contributed by atoms with E-state index in [9.17, 15) is 18.0 Å². The lowest BCUT2D eigenvalue weighted by Crippen LogP contribution is -2.28. The molecule has 1 aliphatic heterocycles. The highest BCUT2D eigenvalue weighted by Gasteiger charge is 2.31. The van der Waals surface area contributed by atoms with Crippen molar-refractivity contribution in [1.82, 2.24) is 4.98 Å². The van der Waals surface area contributed by atoms with Crippen LogP contribution >= 0.6 is 0 Å². The molecule has 1 saturated heterocycles. The number of pyridine rings is 1. The number of halogens is 3. The maximum absolute atomic E-state index is 12.7. The van der Waals surface area contributed by atoms with E-state index in [2.05, 4.69) is 15.2 Å². The molecule has 8 heteroatoms. The Morgan fingerprint density at radius 3 is 2.48 bits per heavy atom. The Hall–Kier alpha value is -3.55. The number of aromatic nitrogens is 1. The van der Waals surface area contributed by atoms with Gasteiger partial charge in [0.2, 0.25) is 0 Å². The topological polar surface area (TPSA) is 71.2 Å². The van der Waals surface area contributed by atoms with Crippen molar-refractivity contribution in [2.75, 3.05) is 23.3 Å². The van der Waals surface area contributed by atoms with Crippen molar-refractivity contribution in [3.63, 3.8) is 0 Å². The summed E-state index contributed by atoms with van der Waals surface area (Å²) in [7, 11) is 0. The first-order valence-corrected chi connectivity index (χ1v) is 9.85. The molecule has 2 aromatic carbocycles. The van der Waals surface area contributed by atoms with Crippen LogP contribution in [0.5, 0.6) is 0 Å². The van der Waals surface area contributed by atoms with E-state index in [0.29, 0.717) is 24.5 Å². The number of nitrogens with two attached hydrogens (primary N) is 1. The van der Waals surface area contributed by atoms with Gasteiger partial charge < -0.3 is 16.0 Å². The highest BCUT2D eigenvalue weighted by atomic mass is 19.4. The zero-order valence-corrected chi connectivity index (χ0v) is 16.6. The molecule has 1 fully saturated rings. The molecule has 1 atom stereocenters. The Bertz CT molecular complexity index is 1070. The fourth-order valence-corrected chi connectivity index (χ4v) is 3.77. The summed E-state index contributed by atoms with van der Waals surface area (Å²) in [6, 6.07) is 17.7. The van der Waals surface area contributed by atoms with E-state index in [0.717, 1.165) is 35.5 Å². The minimum atomic E-state index is -4.41. The van der Waals surface area contributed by atoms with Crippen molar-refractivity contribution in [3.8, 4) is 11.1 Å². The van der Waals surface area contributed by atoms with E-state index in [-0.39, 0.29) is 6.04 Å². The first kappa shape index (κ1) is 20.7. The molecule has 0 unspecified atom stereocenters. The van der Waals surface area contributed by atoms with Gasteiger partial charge in [-0.2, -0.15) is 13.2 Å². The van der Waals surface area contributed by atoms with Crippen LogP contribution in [0.4, 0.5) is 24.7 Å². The van der Waals surface area contributed by atoms with Gasteiger partial charge in [0.05, 0.1) is 11.1 Å². The van der Waals surface area contributed by atoms with Crippen molar-refractivity contribution in [2.24, 2.45) is 5.73 Å². The number of nitrogens with zero attached hydrogens (tertiary/aromatic N) is 2. The third-order valence-electron chi connectivity index (χ3n) is 5.34. The number of rotatable bonds is 5. The maximum Gasteiger partial charge on any atom is 0.417 e. The number of carbonyl (C=O) groups excluding carboxylic acids is 1. The monoisotopic (exact) mass is 426 g/mol. The summed E-state index contributed by atoms with van der Waals surface area (Å²) in [4.78, 5) is 18.1. The minimum Gasteiger partial charge on any atom is -0.369 e. The smallest absolute Gasteiger partial charge is 0.369 e. The molecule has 0 saturated carbocycles. The van der Waals surface area contributed by atoms with Gasteiger partial charge in [-0.15, -0.1) is 0 Å². The number of anilines is 2. The van der Waals surface area contributed by atoms with E-state index >= 15 is 0 Å². The maximum atomic E-state index is 12.7. The lowest BCUT2D eigenvalue weighted by Gasteiger charge is -2.22. The average molecular weight is 426 g/mol. The van der Waals surface area contributed by atoms with Crippen molar-refractivity contribution >= 4 is 17.4 Å². The molecule has 3 N–H and O–H groups in total. The summed E-state index contributed by atoms with van der Waals surface area (Å²) >= 11 is 0. The van der Waals surface area contributed by atoms with Crippen molar-refractivity contribution in [1.29, 1.82) is 0 Å². The second kappa shape index (κ2) is 8.29. The standard InChI is InChI=1S/C23H21F3N4O/c24-23(25,26)17-7-9-21(28-13-17)29-18-10-11-30(14-18)20-8-6-16(12-19(20)22(27)31)15-4-2-1-3-5-15/h1-9,12-13,18H,10-11,14H2,(H2,27,31)(H,28,29)/t18-/m0/s1. The summed E-state index contributed by atoms with van der Waals surface area (Å²) in [5, 5.41) is 3.17. The Balaban J connectivity index is 1.49. The number of primary amides is 1. The Kier molecular flexibility index (Phi) is 5.54. The quantitative estimate of drug-likeness (QED) is 0.628. The van der Waals surface area contributed by atoms with E-state index < -0.39 is 17.6 Å². The molecule has 4 rings (SSSR count). The third-order valence-corrected chi connectivity index (χ3v) is 5.34. The molecule has 3 aromatic rings. The lowest BCUT2D eigenvalue weighted by atomic mass is 10.0. The predicted molar refractivity (Wildman–Crippen MR) is 114 cm³/mol. The summed E-state index contributed by atoms with van der Waals surface area (Å²) < 4.78 is 38.1. The van der Waals surface area contributed by atoms with Crippen LogP contribution in [0.15, 0.2) is 66.9 Å². The van der Waals surface area contributed by atoms with Gasteiger partial charge in [0.15, 0.2) is 0 Å². The predicted octanol–water partition coefficient (Wildman–Crippen LogP) is 4.56. The second-order valence-corrected chi connectivity index (χ2v) is 7.47. The van der Waals surface area contributed by atoms with Crippen LogP contribution in [0.1, 0.15) is 22.3 Å². The van der Waals surface area contributed by atoms with Gasteiger partial charge in [0.1, 0.15) is 5.82 Å². The normalized spacial score (nSPS) is 16.4. The van der Waals surface area contributed by atoms with Gasteiger partial charge in [0, 0.05) is 31.0 Å². The van der Waals surface area contributed by atoms with Crippen molar-refractivity contribution < 1.29 is 18.0 Å². The number of amides is 1. The molecule has 1 aliphatic rings. The molecule has 0 bridgehead atoms. The molecule has 0 aliphatic carbocycles. The van der Waals surface area contributed by atoms with E-state index in [4.69, 9.17) is 5.73 Å². The fraction of sp³-hybridized carbons (Fsp3) is 0.217. The summed E-state index contributed by atoms with van der Waals surface area (Å²) in [6.07, 6.45) is -2.84. The SMILES string of the molecule is NC(=O)c1cc(-c2ccccc2)ccc1N1CC[C@H](Nc2ccc(C(F)(F)F)cn2)C1. The van der Waals surface area contributed by atoms with Crippen LogP contribution in [-0.4, -0.2) is 30.0 Å². The summed E-state index contributed by atoms with van der Waals surface area (Å²) in [5.41, 5.74) is 7.95. The van der Waals surface area contributed by atoms with Crippen LogP contribution in [0.2, 0.25) is 0 Å². The first-order chi connectivity index (χ1) is 14.8. The summed E-state index contributed by atoms with van der Waals surface area (Å²) in [5.74, 6) is -0.122. The van der Waals surface area contributed by atoms with E-state index in [1.54, 1.807) is 6.07 Å². The largest absolute Gasteiger partial charge is 0.417 e. The van der Waals surface area contributed by atoms with Crippen LogP contribution in [0.25, 0.3) is 11.1 Å². The van der Waals surface area contributed by atoms with E-state index in [1.807, 2.05) is 42.5 Å². The molecule has 0 radical (unpaired) electrons. The Morgan fingerprint density at radius 1 is 1.06 bits per heavy atom. The Morgan fingerprint density at radius 2 is 1.84 bits per heavy atom. The summed E-state index contributed by atoms with van der Waals surface area (Å²) in [6.45, 7) is 1.26. The number of hydrogen-bond donors (Lipinski definition) is 2. The van der Waals surface area contributed by atoms with Gasteiger partial charge in [-0.25, -0.2) is 4.98 Å². The molecule has 31 heavy (non-hydrogen) atoms. The van der Waals surface area contributed by atoms with Crippen LogP contribution in [0.3, 0.4) is 0 Å². The van der Waals surface area contributed by atoms with Crippen LogP contribution in [-0.2, 0) is 6.18 Å². The van der Waals surface area contributed by atoms with Crippen molar-refractivity contribution in [3.05, 3.63) is 78.0 Å². The van der Waals surface area contributed by atoms with Gasteiger partial charge in [-0.3, -0.25) is 4.79 Å². The molecule has 160 valence electrons. The fourth-order valence-electron chi connectivity index (χ4n) is 3.77. The van der Waals surface area contributed by atoms with Gasteiger partial charge in [-0.1, -0.05) is 36.4 Å². The highest BCUT2D eigenvalue weighted by Crippen LogP contribution is 2.31. The number of nitrogens with one attached hydrogen (secondary N) is 1. The van der Waals surface area contributed by atoms with Crippen LogP contribution < -0.4 is 16.0 Å². The average Bonchev–Trinajstić information content (AvgIpc) is 3.22. The van der Waals surface area contributed by atoms with E-state index in [1.165, 1.54) is 6.07 Å². The zero-order chi connectivity index (χ0) is 22.0. The lowest BCUT2D eigenvalue weighted by molar-refractivity contribution is -0.137. The molecular weight excluding hydrogens is 405 g/mol. The molecule has 0 spiro atoms. The van der Waals surface area contributed by atoms with Gasteiger partial charge in [-0.05, 0) is 41.8 Å². The van der Waals surface area contributed by atoms with Gasteiger partial charge >= 0.3 is 6.18 Å². The number of alkyl halides is 3. The highest BCUT2D eigenvalue weighted by molar-refractivity contribution is 6.00. The van der Waals surface area contributed by atoms with Crippen molar-refractivity contribution in [2.45, 2.75) is 18.6 Å². The zero-order valence-electron chi connectivity index (χ0n) is 16.6.